The average Bonchev–Trinajstić information content (AvgIpc) is 2.99. The van der Waals surface area contributed by atoms with Crippen LogP contribution in [0.3, 0.4) is 0 Å². The van der Waals surface area contributed by atoms with Crippen LogP contribution in [0.25, 0.3) is 0 Å². The SMILES string of the molecule is CCOC(=O)CCCCC(=O)C1NC(=O)NC1CNc1ccc(Br)cc1. The molecular formula is C18H24BrN3O4. The normalized spacial score (nSPS) is 18.8. The lowest BCUT2D eigenvalue weighted by Crippen LogP contribution is -2.44. The van der Waals surface area contributed by atoms with E-state index in [0.29, 0.717) is 38.8 Å². The summed E-state index contributed by atoms with van der Waals surface area (Å²) in [7, 11) is 0. The second kappa shape index (κ2) is 10.2. The number of carbonyl (C=O) groups is 3. The number of esters is 1. The molecule has 1 heterocycles. The number of hydrogen-bond donors (Lipinski definition) is 3. The molecule has 1 fully saturated rings. The number of benzene rings is 1. The van der Waals surface area contributed by atoms with Gasteiger partial charge in [-0.25, -0.2) is 4.79 Å². The fourth-order valence-electron chi connectivity index (χ4n) is 2.76. The quantitative estimate of drug-likeness (QED) is 0.395. The van der Waals surface area contributed by atoms with Gasteiger partial charge in [0, 0.05) is 29.5 Å². The van der Waals surface area contributed by atoms with E-state index in [1.165, 1.54) is 0 Å². The van der Waals surface area contributed by atoms with Crippen LogP contribution in [0.4, 0.5) is 10.5 Å². The van der Waals surface area contributed by atoms with Crippen LogP contribution in [-0.2, 0) is 14.3 Å². The molecule has 7 nitrogen and oxygen atoms in total. The number of amides is 2. The molecule has 2 unspecified atom stereocenters. The summed E-state index contributed by atoms with van der Waals surface area (Å²) < 4.78 is 5.84. The molecule has 0 saturated carbocycles. The minimum atomic E-state index is -0.562. The van der Waals surface area contributed by atoms with E-state index in [4.69, 9.17) is 4.74 Å². The van der Waals surface area contributed by atoms with Crippen molar-refractivity contribution >= 4 is 39.4 Å². The summed E-state index contributed by atoms with van der Waals surface area (Å²) in [6.45, 7) is 2.57. The molecule has 8 heteroatoms. The van der Waals surface area contributed by atoms with E-state index in [0.717, 1.165) is 10.2 Å². The van der Waals surface area contributed by atoms with Gasteiger partial charge in [0.1, 0.15) is 6.04 Å². The summed E-state index contributed by atoms with van der Waals surface area (Å²) in [6, 6.07) is 6.45. The number of halogens is 1. The Morgan fingerprint density at radius 3 is 2.54 bits per heavy atom. The average molecular weight is 426 g/mol. The monoisotopic (exact) mass is 425 g/mol. The first-order valence-corrected chi connectivity index (χ1v) is 9.53. The maximum atomic E-state index is 12.4. The number of hydrogen-bond acceptors (Lipinski definition) is 5. The number of anilines is 1. The Morgan fingerprint density at radius 1 is 1.15 bits per heavy atom. The van der Waals surface area contributed by atoms with E-state index in [1.54, 1.807) is 6.92 Å². The Morgan fingerprint density at radius 2 is 1.85 bits per heavy atom. The third-order valence-corrected chi connectivity index (χ3v) is 4.61. The van der Waals surface area contributed by atoms with Crippen LogP contribution >= 0.6 is 15.9 Å². The van der Waals surface area contributed by atoms with E-state index in [9.17, 15) is 14.4 Å². The first-order valence-electron chi connectivity index (χ1n) is 8.74. The third kappa shape index (κ3) is 6.33. The van der Waals surface area contributed by atoms with Crippen molar-refractivity contribution in [1.29, 1.82) is 0 Å². The van der Waals surface area contributed by atoms with Gasteiger partial charge in [0.2, 0.25) is 0 Å². The minimum absolute atomic E-state index is 0.0326. The van der Waals surface area contributed by atoms with Crippen LogP contribution in [-0.4, -0.2) is 43.0 Å². The van der Waals surface area contributed by atoms with Gasteiger partial charge in [-0.2, -0.15) is 0 Å². The smallest absolute Gasteiger partial charge is 0.315 e. The highest BCUT2D eigenvalue weighted by atomic mass is 79.9. The molecule has 0 bridgehead atoms. The molecule has 1 aliphatic heterocycles. The molecule has 1 aromatic rings. The summed E-state index contributed by atoms with van der Waals surface area (Å²) in [5.41, 5.74) is 0.912. The number of Topliss-reactive ketones (excluding diaryl/α,β-unsaturated/α-hetero) is 1. The summed E-state index contributed by atoms with van der Waals surface area (Å²) in [4.78, 5) is 35.4. The van der Waals surface area contributed by atoms with Gasteiger partial charge in [-0.15, -0.1) is 0 Å². The van der Waals surface area contributed by atoms with Crippen molar-refractivity contribution in [2.24, 2.45) is 0 Å². The first kappa shape index (κ1) is 20.2. The summed E-state index contributed by atoms with van der Waals surface area (Å²) >= 11 is 3.38. The van der Waals surface area contributed by atoms with Gasteiger partial charge in [0.25, 0.3) is 0 Å². The van der Waals surface area contributed by atoms with E-state index in [1.807, 2.05) is 24.3 Å². The second-order valence-electron chi connectivity index (χ2n) is 6.07. The number of nitrogens with one attached hydrogen (secondary N) is 3. The Hall–Kier alpha value is -2.09. The number of unbranched alkanes of at least 4 members (excludes halogenated alkanes) is 1. The number of carbonyl (C=O) groups excluding carboxylic acids is 3. The van der Waals surface area contributed by atoms with Crippen molar-refractivity contribution < 1.29 is 19.1 Å². The highest BCUT2D eigenvalue weighted by Crippen LogP contribution is 2.15. The van der Waals surface area contributed by atoms with Gasteiger partial charge >= 0.3 is 12.0 Å². The van der Waals surface area contributed by atoms with Gasteiger partial charge in [-0.3, -0.25) is 9.59 Å². The van der Waals surface area contributed by atoms with E-state index >= 15 is 0 Å². The zero-order valence-electron chi connectivity index (χ0n) is 14.7. The largest absolute Gasteiger partial charge is 0.466 e. The summed E-state index contributed by atoms with van der Waals surface area (Å²) in [6.07, 6.45) is 1.82. The molecule has 3 N–H and O–H groups in total. The molecule has 1 aromatic carbocycles. The second-order valence-corrected chi connectivity index (χ2v) is 6.98. The molecule has 26 heavy (non-hydrogen) atoms. The minimum Gasteiger partial charge on any atom is -0.466 e. The molecule has 2 atom stereocenters. The van der Waals surface area contributed by atoms with Gasteiger partial charge in [-0.05, 0) is 44.0 Å². The molecule has 2 rings (SSSR count). The Labute approximate surface area is 161 Å². The van der Waals surface area contributed by atoms with Crippen molar-refractivity contribution in [3.8, 4) is 0 Å². The number of urea groups is 1. The fraction of sp³-hybridized carbons (Fsp3) is 0.500. The topological polar surface area (TPSA) is 96.5 Å². The molecule has 2 amide bonds. The van der Waals surface area contributed by atoms with Gasteiger partial charge in [0.15, 0.2) is 5.78 Å². The van der Waals surface area contributed by atoms with Crippen molar-refractivity contribution in [2.75, 3.05) is 18.5 Å². The zero-order chi connectivity index (χ0) is 18.9. The van der Waals surface area contributed by atoms with Gasteiger partial charge in [-0.1, -0.05) is 15.9 Å². The van der Waals surface area contributed by atoms with Crippen molar-refractivity contribution in [1.82, 2.24) is 10.6 Å². The fourth-order valence-corrected chi connectivity index (χ4v) is 3.03. The van der Waals surface area contributed by atoms with E-state index in [2.05, 4.69) is 31.9 Å². The number of ketones is 1. The number of rotatable bonds is 10. The van der Waals surface area contributed by atoms with E-state index < -0.39 is 6.04 Å². The summed E-state index contributed by atoms with van der Waals surface area (Å²) in [5, 5.41) is 8.68. The Balaban J connectivity index is 1.78. The van der Waals surface area contributed by atoms with Crippen molar-refractivity contribution in [2.45, 2.75) is 44.7 Å². The first-order chi connectivity index (χ1) is 12.5. The predicted molar refractivity (Wildman–Crippen MR) is 102 cm³/mol. The maximum Gasteiger partial charge on any atom is 0.315 e. The summed E-state index contributed by atoms with van der Waals surface area (Å²) in [5.74, 6) is -0.276. The third-order valence-electron chi connectivity index (χ3n) is 4.08. The predicted octanol–water partition coefficient (Wildman–Crippen LogP) is 2.60. The molecular weight excluding hydrogens is 402 g/mol. The zero-order valence-corrected chi connectivity index (χ0v) is 16.3. The molecule has 0 aromatic heterocycles. The molecule has 0 spiro atoms. The highest BCUT2D eigenvalue weighted by Gasteiger charge is 2.35. The Kier molecular flexibility index (Phi) is 7.90. The Bertz CT molecular complexity index is 636. The van der Waals surface area contributed by atoms with Crippen LogP contribution in [0.1, 0.15) is 32.6 Å². The lowest BCUT2D eigenvalue weighted by atomic mass is 10.0. The van der Waals surface area contributed by atoms with Crippen LogP contribution < -0.4 is 16.0 Å². The van der Waals surface area contributed by atoms with Crippen LogP contribution in [0, 0.1) is 0 Å². The highest BCUT2D eigenvalue weighted by molar-refractivity contribution is 9.10. The van der Waals surface area contributed by atoms with Gasteiger partial charge < -0.3 is 20.7 Å². The van der Waals surface area contributed by atoms with Crippen LogP contribution in [0.15, 0.2) is 28.7 Å². The molecule has 1 saturated heterocycles. The molecule has 0 radical (unpaired) electrons. The van der Waals surface area contributed by atoms with Crippen LogP contribution in [0.5, 0.6) is 0 Å². The molecule has 1 aliphatic rings. The van der Waals surface area contributed by atoms with Crippen molar-refractivity contribution in [3.05, 3.63) is 28.7 Å². The molecule has 0 aliphatic carbocycles. The standard InChI is InChI=1S/C18H24BrN3O4/c1-2-26-16(24)6-4-3-5-15(23)17-14(21-18(25)22-17)11-20-13-9-7-12(19)8-10-13/h7-10,14,17,20H,2-6,11H2,1H3,(H2,21,22,25). The lowest BCUT2D eigenvalue weighted by molar-refractivity contribution is -0.143. The van der Waals surface area contributed by atoms with Crippen LogP contribution in [0.2, 0.25) is 0 Å². The van der Waals surface area contributed by atoms with E-state index in [-0.39, 0.29) is 23.8 Å². The van der Waals surface area contributed by atoms with Gasteiger partial charge in [0.05, 0.1) is 12.6 Å². The number of ether oxygens (including phenoxy) is 1. The molecule has 142 valence electrons. The lowest BCUT2D eigenvalue weighted by Gasteiger charge is -2.18. The van der Waals surface area contributed by atoms with Crippen molar-refractivity contribution in [3.63, 3.8) is 0 Å². The maximum absolute atomic E-state index is 12.4.